The van der Waals surface area contributed by atoms with Crippen LogP contribution in [-0.2, 0) is 17.6 Å². The summed E-state index contributed by atoms with van der Waals surface area (Å²) in [5.41, 5.74) is 9.57. The Bertz CT molecular complexity index is 539. The van der Waals surface area contributed by atoms with Crippen molar-refractivity contribution in [1.29, 1.82) is 0 Å². The molecule has 1 heterocycles. The van der Waals surface area contributed by atoms with Gasteiger partial charge in [0, 0.05) is 6.42 Å². The molecular weight excluding hydrogens is 223 g/mol. The number of fused-ring (bicyclic) bond motifs is 1. The maximum Gasteiger partial charge on any atom is 0.283 e. The van der Waals surface area contributed by atoms with Gasteiger partial charge < -0.3 is 10.5 Å². The van der Waals surface area contributed by atoms with E-state index in [0.717, 1.165) is 19.3 Å². The zero-order valence-corrected chi connectivity index (χ0v) is 11.3. The van der Waals surface area contributed by atoms with E-state index in [2.05, 4.69) is 44.9 Å². The summed E-state index contributed by atoms with van der Waals surface area (Å²) in [6.45, 7) is 4.19. The predicted octanol–water partition coefficient (Wildman–Crippen LogP) is 0.296. The van der Waals surface area contributed by atoms with Crippen LogP contribution in [0, 0.1) is 0 Å². The van der Waals surface area contributed by atoms with Crippen LogP contribution in [0.2, 0.25) is 0 Å². The van der Waals surface area contributed by atoms with Crippen LogP contribution in [0.4, 0.5) is 0 Å². The lowest BCUT2D eigenvalue weighted by atomic mass is 9.68. The van der Waals surface area contributed by atoms with Crippen LogP contribution in [0.1, 0.15) is 31.4 Å². The van der Waals surface area contributed by atoms with Crippen LogP contribution in [-0.4, -0.2) is 25.0 Å². The van der Waals surface area contributed by atoms with E-state index in [1.165, 1.54) is 16.6 Å². The number of ether oxygens (including phenoxy) is 1. The molecule has 0 saturated heterocycles. The van der Waals surface area contributed by atoms with Gasteiger partial charge in [-0.1, -0.05) is 29.2 Å². The van der Waals surface area contributed by atoms with Crippen molar-refractivity contribution in [3.05, 3.63) is 29.3 Å². The minimum absolute atomic E-state index is 0.183. The quantitative estimate of drug-likeness (QED) is 0.665. The van der Waals surface area contributed by atoms with Gasteiger partial charge in [-0.3, -0.25) is 0 Å². The maximum absolute atomic E-state index is 5.79. The molecule has 1 atom stereocenters. The summed E-state index contributed by atoms with van der Waals surface area (Å²) < 4.78 is 5.71. The Kier molecular flexibility index (Phi) is 2.28. The molecule has 0 bridgehead atoms. The van der Waals surface area contributed by atoms with E-state index < -0.39 is 0 Å². The van der Waals surface area contributed by atoms with E-state index in [0.29, 0.717) is 6.02 Å². The van der Waals surface area contributed by atoms with Gasteiger partial charge in [-0.2, -0.15) is 0 Å². The highest BCUT2D eigenvalue weighted by atomic mass is 16.5. The van der Waals surface area contributed by atoms with Gasteiger partial charge in [0.15, 0.2) is 0 Å². The molecule has 94 valence electrons. The van der Waals surface area contributed by atoms with E-state index in [1.807, 2.05) is 0 Å². The first-order valence-corrected chi connectivity index (χ1v) is 6.55. The van der Waals surface area contributed by atoms with Crippen LogP contribution in [0.25, 0.3) is 0 Å². The zero-order chi connectivity index (χ0) is 13.0. The van der Waals surface area contributed by atoms with Gasteiger partial charge in [0.25, 0.3) is 6.02 Å². The Hall–Kier alpha value is -1.45. The summed E-state index contributed by atoms with van der Waals surface area (Å²) in [7, 11) is 2.19. The fourth-order valence-electron chi connectivity index (χ4n) is 3.36. The summed E-state index contributed by atoms with van der Waals surface area (Å²) in [6, 6.07) is 6.87. The highest BCUT2D eigenvalue weighted by Crippen LogP contribution is 2.43. The summed E-state index contributed by atoms with van der Waals surface area (Å²) in [6.07, 6.45) is 3.00. The number of nitrogens with two attached hydrogens (primary N) is 1. The lowest BCUT2D eigenvalue weighted by molar-refractivity contribution is 0.0358. The Morgan fingerprint density at radius 3 is 2.83 bits per heavy atom. The van der Waals surface area contributed by atoms with Crippen molar-refractivity contribution in [2.24, 2.45) is 10.7 Å². The number of aliphatic imine (C=N–C) groups is 1. The molecule has 0 aromatic heterocycles. The number of hydrogen-bond acceptors (Lipinski definition) is 3. The van der Waals surface area contributed by atoms with Gasteiger partial charge in [0.05, 0.1) is 0 Å². The van der Waals surface area contributed by atoms with Gasteiger partial charge in [0.1, 0.15) is 19.0 Å². The molecule has 3 rings (SSSR count). The van der Waals surface area contributed by atoms with Crippen molar-refractivity contribution in [2.75, 3.05) is 0 Å². The molecule has 0 saturated carbocycles. The van der Waals surface area contributed by atoms with E-state index in [4.69, 9.17) is 10.5 Å². The maximum atomic E-state index is 5.79. The van der Waals surface area contributed by atoms with Crippen LogP contribution in [0.15, 0.2) is 23.2 Å². The first-order valence-electron chi connectivity index (χ1n) is 6.55. The van der Waals surface area contributed by atoms with Crippen molar-refractivity contribution < 1.29 is 4.74 Å². The van der Waals surface area contributed by atoms with E-state index in [1.54, 1.807) is 0 Å². The van der Waals surface area contributed by atoms with E-state index in [9.17, 15) is 0 Å². The third-order valence-corrected chi connectivity index (χ3v) is 4.58. The highest BCUT2D eigenvalue weighted by Gasteiger charge is 2.53. The minimum Gasteiger partial charge on any atom is -0.457 e. The topological polar surface area (TPSA) is 47.6 Å². The highest BCUT2D eigenvalue weighted by molar-refractivity contribution is 6.33. The predicted molar refractivity (Wildman–Crippen MR) is 76.2 cm³/mol. The molecule has 1 unspecified atom stereocenters. The number of nitrogens with zero attached hydrogens (tertiary/aromatic N) is 1. The van der Waals surface area contributed by atoms with Crippen molar-refractivity contribution >= 4 is 19.3 Å². The monoisotopic (exact) mass is 242 g/mol. The van der Waals surface area contributed by atoms with E-state index in [-0.39, 0.29) is 11.1 Å². The molecule has 4 heteroatoms. The number of hydrogen-bond donors (Lipinski definition) is 1. The SMILES string of the molecule is Bc1cccc2c1CCC1(C2)N=C(N)OC1(C)C. The zero-order valence-electron chi connectivity index (χ0n) is 11.3. The second-order valence-electron chi connectivity index (χ2n) is 5.98. The average molecular weight is 242 g/mol. The fraction of sp³-hybridized carbons (Fsp3) is 0.500. The third kappa shape index (κ3) is 1.48. The average Bonchev–Trinajstić information content (AvgIpc) is 2.48. The van der Waals surface area contributed by atoms with Crippen LogP contribution in [0.5, 0.6) is 0 Å². The summed E-state index contributed by atoms with van der Waals surface area (Å²) in [4.78, 5) is 4.63. The number of amidine groups is 1. The lowest BCUT2D eigenvalue weighted by Crippen LogP contribution is -2.51. The van der Waals surface area contributed by atoms with E-state index >= 15 is 0 Å². The Morgan fingerprint density at radius 1 is 1.39 bits per heavy atom. The molecule has 0 radical (unpaired) electrons. The molecule has 1 aliphatic carbocycles. The fourth-order valence-corrected chi connectivity index (χ4v) is 3.36. The van der Waals surface area contributed by atoms with Crippen LogP contribution in [0.3, 0.4) is 0 Å². The molecule has 18 heavy (non-hydrogen) atoms. The standard InChI is InChI=1S/C14H19BN2O/c1-13(2)14(17-12(16)18-13)7-6-10-9(8-14)4-3-5-11(10)15/h3-5H,6-8,15H2,1-2H3,(H2,16,17). The molecule has 1 aromatic carbocycles. The number of benzene rings is 1. The van der Waals surface area contributed by atoms with Gasteiger partial charge in [-0.05, 0) is 32.3 Å². The normalized spacial score (nSPS) is 28.7. The lowest BCUT2D eigenvalue weighted by Gasteiger charge is -2.41. The smallest absolute Gasteiger partial charge is 0.283 e. The largest absolute Gasteiger partial charge is 0.457 e. The van der Waals surface area contributed by atoms with Gasteiger partial charge in [-0.25, -0.2) is 4.99 Å². The summed E-state index contributed by atoms with van der Waals surface area (Å²) >= 11 is 0. The Labute approximate surface area is 109 Å². The Balaban J connectivity index is 2.05. The van der Waals surface area contributed by atoms with Crippen molar-refractivity contribution in [3.8, 4) is 0 Å². The second-order valence-corrected chi connectivity index (χ2v) is 5.98. The van der Waals surface area contributed by atoms with Crippen LogP contribution >= 0.6 is 0 Å². The van der Waals surface area contributed by atoms with Gasteiger partial charge in [0.2, 0.25) is 0 Å². The first-order chi connectivity index (χ1) is 8.44. The summed E-state index contributed by atoms with van der Waals surface area (Å²) in [5.74, 6) is 0. The van der Waals surface area contributed by atoms with Crippen molar-refractivity contribution in [3.63, 3.8) is 0 Å². The molecule has 2 N–H and O–H groups in total. The van der Waals surface area contributed by atoms with Gasteiger partial charge >= 0.3 is 0 Å². The number of rotatable bonds is 0. The molecule has 0 amide bonds. The molecule has 1 aliphatic heterocycles. The van der Waals surface area contributed by atoms with Gasteiger partial charge in [-0.15, -0.1) is 0 Å². The van der Waals surface area contributed by atoms with Crippen molar-refractivity contribution in [2.45, 2.75) is 44.2 Å². The third-order valence-electron chi connectivity index (χ3n) is 4.58. The van der Waals surface area contributed by atoms with Crippen LogP contribution < -0.4 is 11.2 Å². The molecule has 1 spiro atoms. The second kappa shape index (κ2) is 3.53. The minimum atomic E-state index is -0.307. The molecule has 2 aliphatic rings. The first kappa shape index (κ1) is 11.6. The molecular formula is C14H19BN2O. The molecule has 1 aromatic rings. The molecule has 3 nitrogen and oxygen atoms in total. The van der Waals surface area contributed by atoms with Crippen molar-refractivity contribution in [1.82, 2.24) is 0 Å². The molecule has 0 fully saturated rings. The summed E-state index contributed by atoms with van der Waals surface area (Å²) in [5, 5.41) is 0. The Morgan fingerprint density at radius 2 is 2.17 bits per heavy atom.